The summed E-state index contributed by atoms with van der Waals surface area (Å²) in [6.07, 6.45) is 3.17. The molecule has 1 aromatic heterocycles. The van der Waals surface area contributed by atoms with Crippen LogP contribution in [-0.2, 0) is 24.0 Å². The van der Waals surface area contributed by atoms with Crippen molar-refractivity contribution in [1.82, 2.24) is 15.4 Å². The van der Waals surface area contributed by atoms with Gasteiger partial charge in [-0.15, -0.1) is 0 Å². The molecule has 0 saturated heterocycles. The Balaban J connectivity index is 0. The maximum atomic E-state index is 8.48. The maximum Gasteiger partial charge on any atom is 2.00 e. The molecule has 0 amide bonds. The number of aromatic amines is 1. The van der Waals surface area contributed by atoms with Crippen LogP contribution in [0.4, 0.5) is 0 Å². The molecule has 0 aliphatic carbocycles. The zero-order valence-electron chi connectivity index (χ0n) is 4.93. The summed E-state index contributed by atoms with van der Waals surface area (Å²) in [6, 6.07) is 0. The fourth-order valence-electron chi connectivity index (χ4n) is 0.167. The molecule has 0 spiro atoms. The molecule has 0 aliphatic heterocycles. The molecule has 1 heterocycles. The zero-order valence-corrected chi connectivity index (χ0v) is 8.79. The van der Waals surface area contributed by atoms with E-state index in [9.17, 15) is 0 Å². The molecule has 0 saturated carbocycles. The van der Waals surface area contributed by atoms with Crippen LogP contribution in [0.2, 0.25) is 0 Å². The number of hydrogen-bond acceptors (Lipinski definition) is 5. The summed E-state index contributed by atoms with van der Waals surface area (Å²) in [7, 11) is -3.37. The van der Waals surface area contributed by atoms with E-state index in [0.29, 0.717) is 0 Å². The quantitative estimate of drug-likeness (QED) is 0.403. The molecule has 0 aliphatic rings. The van der Waals surface area contributed by atoms with Gasteiger partial charge in [0.2, 0.25) is 0 Å². The number of H-pyrrole nitrogens is 1. The van der Waals surface area contributed by atoms with Gasteiger partial charge in [-0.3, -0.25) is 0 Å². The Bertz CT molecular complexity index is 136. The first-order chi connectivity index (χ1) is 4.23. The average Bonchev–Trinajstić information content (AvgIpc) is 2.11. The number of hydrogen-bond donors (Lipinski definition) is 1. The number of rotatable bonds is 0. The van der Waals surface area contributed by atoms with Crippen LogP contribution in [0.15, 0.2) is 12.4 Å². The van der Waals surface area contributed by atoms with Crippen molar-refractivity contribution in [3.63, 3.8) is 0 Å². The first kappa shape index (κ1) is 12.5. The van der Waals surface area contributed by atoms with E-state index in [1.807, 2.05) is 0 Å². The van der Waals surface area contributed by atoms with E-state index in [4.69, 9.17) is 14.4 Å². The SMILES string of the molecule is O=[P+]([O-])[O-].[Zn+2].c1cn[nH]n1. The van der Waals surface area contributed by atoms with E-state index in [1.54, 1.807) is 12.4 Å². The van der Waals surface area contributed by atoms with Crippen molar-refractivity contribution < 1.29 is 33.8 Å². The molecular weight excluding hydrogens is 210 g/mol. The normalized spacial score (nSPS) is 6.60. The van der Waals surface area contributed by atoms with Crippen LogP contribution >= 0.6 is 8.25 Å². The van der Waals surface area contributed by atoms with Crippen molar-refractivity contribution in [2.24, 2.45) is 0 Å². The minimum Gasteiger partial charge on any atom is -0.598 e. The predicted octanol–water partition coefficient (Wildman–Crippen LogP) is -1.83. The van der Waals surface area contributed by atoms with Crippen molar-refractivity contribution in [3.05, 3.63) is 12.4 Å². The summed E-state index contributed by atoms with van der Waals surface area (Å²) < 4.78 is 8.48. The Morgan fingerprint density at radius 3 is 1.70 bits per heavy atom. The van der Waals surface area contributed by atoms with Gasteiger partial charge in [0.1, 0.15) is 0 Å². The molecule has 8 heteroatoms. The molecule has 1 rings (SSSR count). The molecule has 0 bridgehead atoms. The van der Waals surface area contributed by atoms with Gasteiger partial charge in [0, 0.05) is 0 Å². The maximum absolute atomic E-state index is 8.48. The predicted molar refractivity (Wildman–Crippen MR) is 24.0 cm³/mol. The van der Waals surface area contributed by atoms with Gasteiger partial charge in [-0.05, 0) is 0 Å². The van der Waals surface area contributed by atoms with Gasteiger partial charge in [-0.2, -0.15) is 15.4 Å². The van der Waals surface area contributed by atoms with Gasteiger partial charge in [-0.25, -0.2) is 0 Å². The Morgan fingerprint density at radius 1 is 1.30 bits per heavy atom. The number of aromatic nitrogens is 3. The fraction of sp³-hybridized carbons (Fsp3) is 0. The smallest absolute Gasteiger partial charge is 0.598 e. The standard InChI is InChI=1S/C2H3N3.HO3P.Zn/c1-2-4-5-3-1;1-4(2)3;/h1-2H,(H,3,4,5);(H,1,2,3);/q;;+2/p-1. The monoisotopic (exact) mass is 212 g/mol. The summed E-state index contributed by atoms with van der Waals surface area (Å²) in [5, 5.41) is 9.33. The summed E-state index contributed by atoms with van der Waals surface area (Å²) in [5.74, 6) is 0. The summed E-state index contributed by atoms with van der Waals surface area (Å²) in [4.78, 5) is 17.0. The van der Waals surface area contributed by atoms with Crippen molar-refractivity contribution in [3.8, 4) is 0 Å². The molecule has 50 valence electrons. The van der Waals surface area contributed by atoms with Gasteiger partial charge in [-0.1, -0.05) is 4.57 Å². The van der Waals surface area contributed by atoms with Crippen molar-refractivity contribution in [1.29, 1.82) is 0 Å². The van der Waals surface area contributed by atoms with Crippen molar-refractivity contribution >= 4 is 8.25 Å². The first-order valence-corrected chi connectivity index (χ1v) is 2.94. The first-order valence-electron chi connectivity index (χ1n) is 1.84. The van der Waals surface area contributed by atoms with Crippen LogP contribution in [0, 0.1) is 0 Å². The molecule has 0 aromatic carbocycles. The molecule has 0 atom stereocenters. The van der Waals surface area contributed by atoms with Crippen molar-refractivity contribution in [2.75, 3.05) is 0 Å². The van der Waals surface area contributed by atoms with Crippen LogP contribution in [-0.4, -0.2) is 15.4 Å². The fourth-order valence-corrected chi connectivity index (χ4v) is 0.167. The Hall–Kier alpha value is -0.217. The van der Waals surface area contributed by atoms with Crippen LogP contribution in [0.3, 0.4) is 0 Å². The third kappa shape index (κ3) is 15.7. The second kappa shape index (κ2) is 8.78. The molecular formula is C2H3N3O3PZn+. The van der Waals surface area contributed by atoms with Gasteiger partial charge >= 0.3 is 19.5 Å². The Kier molecular flexibility index (Phi) is 10.9. The summed E-state index contributed by atoms with van der Waals surface area (Å²) in [6.45, 7) is 0. The van der Waals surface area contributed by atoms with Gasteiger partial charge in [0.05, 0.1) is 12.4 Å². The summed E-state index contributed by atoms with van der Waals surface area (Å²) >= 11 is 0. The van der Waals surface area contributed by atoms with Gasteiger partial charge in [0.15, 0.2) is 0 Å². The largest absolute Gasteiger partial charge is 2.00 e. The Morgan fingerprint density at radius 2 is 1.60 bits per heavy atom. The molecule has 0 fully saturated rings. The van der Waals surface area contributed by atoms with E-state index < -0.39 is 8.25 Å². The van der Waals surface area contributed by atoms with E-state index in [1.165, 1.54) is 0 Å². The molecule has 0 radical (unpaired) electrons. The van der Waals surface area contributed by atoms with Crippen LogP contribution in [0.1, 0.15) is 0 Å². The van der Waals surface area contributed by atoms with Gasteiger partial charge < -0.3 is 9.79 Å². The zero-order chi connectivity index (χ0) is 7.11. The van der Waals surface area contributed by atoms with Crippen LogP contribution < -0.4 is 9.79 Å². The number of nitrogens with one attached hydrogen (secondary N) is 1. The topological polar surface area (TPSA) is 105 Å². The second-order valence-electron chi connectivity index (χ2n) is 0.880. The Labute approximate surface area is 70.4 Å². The van der Waals surface area contributed by atoms with Crippen LogP contribution in [0.5, 0.6) is 0 Å². The third-order valence-corrected chi connectivity index (χ3v) is 0.331. The minimum atomic E-state index is -3.37. The third-order valence-electron chi connectivity index (χ3n) is 0.331. The van der Waals surface area contributed by atoms with Gasteiger partial charge in [0.25, 0.3) is 8.25 Å². The second-order valence-corrected chi connectivity index (χ2v) is 1.33. The molecule has 1 N–H and O–H groups in total. The van der Waals surface area contributed by atoms with Crippen LogP contribution in [0.25, 0.3) is 0 Å². The van der Waals surface area contributed by atoms with E-state index in [-0.39, 0.29) is 19.5 Å². The average molecular weight is 213 g/mol. The molecule has 6 nitrogen and oxygen atoms in total. The van der Waals surface area contributed by atoms with Crippen molar-refractivity contribution in [2.45, 2.75) is 0 Å². The number of nitrogens with zero attached hydrogens (tertiary/aromatic N) is 2. The molecule has 10 heavy (non-hydrogen) atoms. The summed E-state index contributed by atoms with van der Waals surface area (Å²) in [5.41, 5.74) is 0. The minimum absolute atomic E-state index is 0. The van der Waals surface area contributed by atoms with E-state index in [2.05, 4.69) is 15.4 Å². The van der Waals surface area contributed by atoms with E-state index in [0.717, 1.165) is 0 Å². The van der Waals surface area contributed by atoms with E-state index >= 15 is 0 Å². The molecule has 0 unspecified atom stereocenters. The molecule has 1 aromatic rings.